The normalized spacial score (nSPS) is 11.2. The number of aliphatic carboxylic acids is 1. The van der Waals surface area contributed by atoms with Crippen LogP contribution in [-0.2, 0) is 9.59 Å². The average Bonchev–Trinajstić information content (AvgIpc) is 2.53. The first-order chi connectivity index (χ1) is 11.5. The van der Waals surface area contributed by atoms with E-state index < -0.39 is 11.4 Å². The number of carbonyl (C=O) groups excluding carboxylic acids is 1. The average molecular weight is 382 g/mol. The van der Waals surface area contributed by atoms with Gasteiger partial charge in [-0.15, -0.1) is 12.6 Å². The molecule has 0 bridgehead atoms. The first-order valence-electron chi connectivity index (χ1n) is 9.93. The smallest absolute Gasteiger partial charge is 0.304 e. The van der Waals surface area contributed by atoms with Gasteiger partial charge in [-0.25, -0.2) is 0 Å². The number of carboxylic acid groups (broad SMARTS) is 1. The third-order valence-electron chi connectivity index (χ3n) is 4.96. The Morgan fingerprint density at radius 1 is 0.760 bits per heavy atom. The van der Waals surface area contributed by atoms with Gasteiger partial charge in [-0.3, -0.25) is 9.59 Å². The van der Waals surface area contributed by atoms with Crippen molar-refractivity contribution in [2.45, 2.75) is 110 Å². The molecule has 3 nitrogen and oxygen atoms in total. The number of thiol groups is 1. The first-order valence-corrected chi connectivity index (χ1v) is 10.4. The minimum atomic E-state index is -0.880. The summed E-state index contributed by atoms with van der Waals surface area (Å²) in [6, 6.07) is 0. The summed E-state index contributed by atoms with van der Waals surface area (Å²) in [7, 11) is 0. The molecule has 0 aliphatic rings. The van der Waals surface area contributed by atoms with Gasteiger partial charge in [0.1, 0.15) is 0 Å². The van der Waals surface area contributed by atoms with Gasteiger partial charge in [-0.2, -0.15) is 0 Å². The van der Waals surface area contributed by atoms with E-state index in [2.05, 4.69) is 26.5 Å². The van der Waals surface area contributed by atoms with E-state index in [1.807, 2.05) is 0 Å². The number of unbranched alkanes of at least 4 members (excludes halogenated alkanes) is 10. The van der Waals surface area contributed by atoms with Gasteiger partial charge in [-0.1, -0.05) is 90.9 Å². The van der Waals surface area contributed by atoms with Crippen molar-refractivity contribution in [2.75, 3.05) is 0 Å². The van der Waals surface area contributed by atoms with Gasteiger partial charge in [0, 0.05) is 35.0 Å². The third kappa shape index (κ3) is 14.2. The molecule has 0 spiro atoms. The summed E-state index contributed by atoms with van der Waals surface area (Å²) in [4.78, 5) is 23.4. The Kier molecular flexibility index (Phi) is 19.8. The van der Waals surface area contributed by atoms with Crippen LogP contribution in [0.2, 0.25) is 0 Å². The molecule has 0 saturated heterocycles. The monoisotopic (exact) mass is 381 g/mol. The van der Waals surface area contributed by atoms with Crippen molar-refractivity contribution >= 4 is 53.3 Å². The van der Waals surface area contributed by atoms with Crippen LogP contribution in [0.1, 0.15) is 110 Å². The Hall–Kier alpha value is 0.490. The Morgan fingerprint density at radius 3 is 1.44 bits per heavy atom. The summed E-state index contributed by atoms with van der Waals surface area (Å²) in [5, 5.41) is 9.03. The molecule has 0 aromatic heterocycles. The predicted molar refractivity (Wildman–Crippen MR) is 110 cm³/mol. The standard InChI is InChI=1S/C20H38O3S.Na/c1-3-5-7-9-11-13-15-20(19(23)24,17-18(21)22)16-14-12-10-8-6-4-2;/h3-17H2,1-2H3,(H,21,22)(H,23,24);. The number of carboxylic acids is 1. The molecule has 0 heterocycles. The van der Waals surface area contributed by atoms with Crippen LogP contribution in [-0.4, -0.2) is 45.7 Å². The molecular weight excluding hydrogens is 343 g/mol. The number of hydrogen-bond acceptors (Lipinski definition) is 2. The fourth-order valence-electron chi connectivity index (χ4n) is 3.37. The zero-order valence-electron chi connectivity index (χ0n) is 16.8. The maximum absolute atomic E-state index is 12.1. The SMILES string of the molecule is CCCCCCCCC(CCCCCCCC)(CC(=O)O)C(=O)S.[Na]. The molecule has 0 rings (SSSR count). The van der Waals surface area contributed by atoms with E-state index in [1.165, 1.54) is 51.4 Å². The fraction of sp³-hybridized carbons (Fsp3) is 0.900. The van der Waals surface area contributed by atoms with Crippen LogP contribution in [0.25, 0.3) is 0 Å². The Balaban J connectivity index is 0. The Bertz CT molecular complexity index is 332. The van der Waals surface area contributed by atoms with Crippen LogP contribution in [0.5, 0.6) is 0 Å². The second-order valence-electron chi connectivity index (χ2n) is 7.19. The van der Waals surface area contributed by atoms with Crippen molar-refractivity contribution in [3.8, 4) is 0 Å². The van der Waals surface area contributed by atoms with Crippen LogP contribution in [0.4, 0.5) is 0 Å². The maximum atomic E-state index is 12.1. The molecule has 0 unspecified atom stereocenters. The van der Waals surface area contributed by atoms with Crippen molar-refractivity contribution < 1.29 is 14.7 Å². The van der Waals surface area contributed by atoms with Crippen molar-refractivity contribution in [2.24, 2.45) is 5.41 Å². The van der Waals surface area contributed by atoms with Crippen molar-refractivity contribution in [3.05, 3.63) is 0 Å². The largest absolute Gasteiger partial charge is 0.481 e. The van der Waals surface area contributed by atoms with E-state index >= 15 is 0 Å². The summed E-state index contributed by atoms with van der Waals surface area (Å²) in [6.07, 6.45) is 15.0. The minimum absolute atomic E-state index is 0. The van der Waals surface area contributed by atoms with Crippen molar-refractivity contribution in [1.82, 2.24) is 0 Å². The summed E-state index contributed by atoms with van der Waals surface area (Å²) in [5.74, 6) is -0.880. The van der Waals surface area contributed by atoms with Crippen molar-refractivity contribution in [1.29, 1.82) is 0 Å². The molecule has 0 atom stereocenters. The molecule has 0 aliphatic carbocycles. The number of carbonyl (C=O) groups is 2. The van der Waals surface area contributed by atoms with E-state index in [-0.39, 0.29) is 41.1 Å². The second-order valence-corrected chi connectivity index (χ2v) is 7.60. The van der Waals surface area contributed by atoms with E-state index in [0.29, 0.717) is 12.8 Å². The van der Waals surface area contributed by atoms with Gasteiger partial charge in [0.25, 0.3) is 0 Å². The van der Waals surface area contributed by atoms with Gasteiger partial charge in [0.15, 0.2) is 5.12 Å². The Morgan fingerprint density at radius 2 is 1.12 bits per heavy atom. The van der Waals surface area contributed by atoms with Gasteiger partial charge in [0.05, 0.1) is 6.42 Å². The van der Waals surface area contributed by atoms with Crippen molar-refractivity contribution in [3.63, 3.8) is 0 Å². The molecule has 0 aromatic carbocycles. The molecule has 0 fully saturated rings. The molecule has 1 N–H and O–H groups in total. The molecule has 0 amide bonds. The van der Waals surface area contributed by atoms with E-state index in [0.717, 1.165) is 25.7 Å². The molecule has 25 heavy (non-hydrogen) atoms. The fourth-order valence-corrected chi connectivity index (χ4v) is 3.67. The van der Waals surface area contributed by atoms with Crippen LogP contribution >= 0.6 is 12.6 Å². The van der Waals surface area contributed by atoms with Crippen LogP contribution < -0.4 is 0 Å². The zero-order valence-corrected chi connectivity index (χ0v) is 19.7. The molecule has 0 saturated carbocycles. The van der Waals surface area contributed by atoms with Gasteiger partial charge >= 0.3 is 5.97 Å². The summed E-state index contributed by atoms with van der Waals surface area (Å²) >= 11 is 4.07. The summed E-state index contributed by atoms with van der Waals surface area (Å²) in [6.45, 7) is 4.38. The van der Waals surface area contributed by atoms with Crippen LogP contribution in [0, 0.1) is 5.41 Å². The molecule has 0 aliphatic heterocycles. The first kappa shape index (κ1) is 27.7. The molecular formula is C20H38NaO3S. The molecule has 5 heteroatoms. The topological polar surface area (TPSA) is 54.4 Å². The molecule has 1 radical (unpaired) electrons. The second kappa shape index (κ2) is 17.9. The summed E-state index contributed by atoms with van der Waals surface area (Å²) < 4.78 is 0. The third-order valence-corrected chi connectivity index (χ3v) is 5.44. The summed E-state index contributed by atoms with van der Waals surface area (Å²) in [5.41, 5.74) is -0.759. The minimum Gasteiger partial charge on any atom is -0.481 e. The number of rotatable bonds is 17. The maximum Gasteiger partial charge on any atom is 0.304 e. The Labute approximate surface area is 182 Å². The molecule has 0 aromatic rings. The van der Waals surface area contributed by atoms with Gasteiger partial charge in [-0.05, 0) is 12.8 Å². The van der Waals surface area contributed by atoms with E-state index in [9.17, 15) is 14.7 Å². The van der Waals surface area contributed by atoms with Crippen LogP contribution in [0.3, 0.4) is 0 Å². The number of hydrogen-bond donors (Lipinski definition) is 2. The van der Waals surface area contributed by atoms with Gasteiger partial charge in [0.2, 0.25) is 0 Å². The van der Waals surface area contributed by atoms with E-state index in [1.54, 1.807) is 0 Å². The van der Waals surface area contributed by atoms with Gasteiger partial charge < -0.3 is 5.11 Å². The van der Waals surface area contributed by atoms with Crippen LogP contribution in [0.15, 0.2) is 0 Å². The quantitative estimate of drug-likeness (QED) is 0.184. The predicted octanol–water partition coefficient (Wildman–Crippen LogP) is 6.02. The molecule has 143 valence electrons. The van der Waals surface area contributed by atoms with E-state index in [4.69, 9.17) is 0 Å². The zero-order chi connectivity index (χ0) is 18.3.